The van der Waals surface area contributed by atoms with Gasteiger partial charge >= 0.3 is 5.69 Å². The summed E-state index contributed by atoms with van der Waals surface area (Å²) < 4.78 is 13.5. The molecule has 2 aliphatic rings. The number of hydrogen-bond acceptors (Lipinski definition) is 7. The molecule has 2 aromatic carbocycles. The lowest BCUT2D eigenvalue weighted by Crippen LogP contribution is -2.40. The minimum atomic E-state index is -0.708. The van der Waals surface area contributed by atoms with Crippen LogP contribution in [0.25, 0.3) is 22.4 Å². The molecule has 1 aliphatic heterocycles. The fourth-order valence-electron chi connectivity index (χ4n) is 6.13. The number of nitrogens with zero attached hydrogens (tertiary/aromatic N) is 3. The van der Waals surface area contributed by atoms with Crippen molar-refractivity contribution in [2.75, 3.05) is 25.6 Å². The van der Waals surface area contributed by atoms with E-state index >= 15 is 0 Å². The average molecular weight is 651 g/mol. The van der Waals surface area contributed by atoms with Gasteiger partial charge in [-0.25, -0.2) is 9.78 Å². The van der Waals surface area contributed by atoms with Gasteiger partial charge in [-0.05, 0) is 36.5 Å². The molecule has 1 amide bonds. The Labute approximate surface area is 269 Å². The Morgan fingerprint density at radius 3 is 2.47 bits per heavy atom. The van der Waals surface area contributed by atoms with E-state index in [1.54, 1.807) is 25.3 Å². The Bertz CT molecular complexity index is 1940. The number of amides is 1. The average Bonchev–Trinajstić information content (AvgIpc) is 3.64. The molecule has 2 aromatic heterocycles. The maximum absolute atomic E-state index is 13.1. The van der Waals surface area contributed by atoms with Gasteiger partial charge < -0.3 is 24.7 Å². The Kier molecular flexibility index (Phi) is 8.58. The van der Waals surface area contributed by atoms with Crippen LogP contribution in [0.5, 0.6) is 5.88 Å². The quantitative estimate of drug-likeness (QED) is 0.290. The van der Waals surface area contributed by atoms with Crippen molar-refractivity contribution in [2.45, 2.75) is 31.8 Å². The molecular weight excluding hydrogens is 617 g/mol. The van der Waals surface area contributed by atoms with Gasteiger partial charge in [0, 0.05) is 54.6 Å². The summed E-state index contributed by atoms with van der Waals surface area (Å²) in [6.45, 7) is 3.65. The standard InChI is InChI=1S/C33H33Cl2N5O5/c1-17-15-45-16-26(17)36-23-12-11-18-13-25(38-31(44-4)27(18)23)21-9-5-7-19(28(21)34)20-8-6-10-24(29(20)35)37-30(41)22-14-39(2)33(43)40(3)32(22)42/h5-10,13-14,17,23,26,36H,11-12,15-16H2,1-4H3,(H,37,41)/t17-,23?,26+/m0/s1. The minimum absolute atomic E-state index is 0.130. The van der Waals surface area contributed by atoms with Gasteiger partial charge in [0.1, 0.15) is 5.56 Å². The molecule has 234 valence electrons. The fraction of sp³-hybridized carbons (Fsp3) is 0.333. The number of ether oxygens (including phenoxy) is 2. The number of benzene rings is 2. The van der Waals surface area contributed by atoms with Crippen molar-refractivity contribution in [3.63, 3.8) is 0 Å². The molecule has 0 bridgehead atoms. The van der Waals surface area contributed by atoms with Crippen molar-refractivity contribution in [1.29, 1.82) is 0 Å². The Morgan fingerprint density at radius 2 is 1.76 bits per heavy atom. The highest BCUT2D eigenvalue weighted by Gasteiger charge is 2.33. The number of rotatable bonds is 7. The third-order valence-corrected chi connectivity index (χ3v) is 9.45. The highest BCUT2D eigenvalue weighted by molar-refractivity contribution is 6.39. The number of aromatic nitrogens is 3. The first-order chi connectivity index (χ1) is 21.6. The Morgan fingerprint density at radius 1 is 1.04 bits per heavy atom. The van der Waals surface area contributed by atoms with Gasteiger partial charge in [-0.1, -0.05) is 60.5 Å². The molecule has 1 fully saturated rings. The van der Waals surface area contributed by atoms with Crippen LogP contribution in [-0.4, -0.2) is 46.4 Å². The molecule has 6 rings (SSSR count). The van der Waals surface area contributed by atoms with Crippen LogP contribution >= 0.6 is 23.2 Å². The predicted molar refractivity (Wildman–Crippen MR) is 175 cm³/mol. The van der Waals surface area contributed by atoms with Crippen LogP contribution in [0.1, 0.15) is 40.9 Å². The van der Waals surface area contributed by atoms with E-state index in [-0.39, 0.29) is 28.4 Å². The minimum Gasteiger partial charge on any atom is -0.481 e. The zero-order valence-electron chi connectivity index (χ0n) is 25.3. The number of methoxy groups -OCH3 is 1. The fourth-order valence-corrected chi connectivity index (χ4v) is 6.73. The van der Waals surface area contributed by atoms with Gasteiger partial charge in [0.15, 0.2) is 0 Å². The Hall–Kier alpha value is -3.96. The van der Waals surface area contributed by atoms with Crippen molar-refractivity contribution in [3.05, 3.63) is 96.2 Å². The molecule has 0 spiro atoms. The molecule has 1 saturated heterocycles. The lowest BCUT2D eigenvalue weighted by molar-refractivity contribution is 0.102. The molecule has 12 heteroatoms. The lowest BCUT2D eigenvalue weighted by Gasteiger charge is -2.23. The van der Waals surface area contributed by atoms with Gasteiger partial charge in [-0.3, -0.25) is 14.2 Å². The van der Waals surface area contributed by atoms with Gasteiger partial charge in [0.05, 0.1) is 41.8 Å². The lowest BCUT2D eigenvalue weighted by atomic mass is 9.99. The van der Waals surface area contributed by atoms with Crippen LogP contribution in [0.4, 0.5) is 5.69 Å². The number of halogens is 2. The number of fused-ring (bicyclic) bond motifs is 1. The summed E-state index contributed by atoms with van der Waals surface area (Å²) in [7, 11) is 4.41. The predicted octanol–water partition coefficient (Wildman–Crippen LogP) is 4.99. The van der Waals surface area contributed by atoms with E-state index in [1.807, 2.05) is 18.2 Å². The summed E-state index contributed by atoms with van der Waals surface area (Å²) in [5.74, 6) is 0.313. The number of pyridine rings is 1. The van der Waals surface area contributed by atoms with E-state index in [2.05, 4.69) is 23.6 Å². The molecule has 1 aliphatic carbocycles. The summed E-state index contributed by atoms with van der Waals surface area (Å²) in [5, 5.41) is 7.14. The van der Waals surface area contributed by atoms with Crippen molar-refractivity contribution in [1.82, 2.24) is 19.4 Å². The summed E-state index contributed by atoms with van der Waals surface area (Å²) in [4.78, 5) is 42.6. The van der Waals surface area contributed by atoms with Crippen molar-refractivity contribution < 1.29 is 14.3 Å². The smallest absolute Gasteiger partial charge is 0.330 e. The normalized spacial score (nSPS) is 19.0. The number of nitrogens with one attached hydrogen (secondary N) is 2. The van der Waals surface area contributed by atoms with Crippen LogP contribution in [-0.2, 0) is 25.3 Å². The summed E-state index contributed by atoms with van der Waals surface area (Å²) in [6, 6.07) is 13.3. The zero-order chi connectivity index (χ0) is 32.0. The van der Waals surface area contributed by atoms with Gasteiger partial charge in [-0.15, -0.1) is 0 Å². The molecule has 3 heterocycles. The molecule has 0 saturated carbocycles. The second-order valence-electron chi connectivity index (χ2n) is 11.6. The van der Waals surface area contributed by atoms with Crippen LogP contribution in [0.3, 0.4) is 0 Å². The van der Waals surface area contributed by atoms with E-state index in [1.165, 1.54) is 24.9 Å². The highest BCUT2D eigenvalue weighted by atomic mass is 35.5. The summed E-state index contributed by atoms with van der Waals surface area (Å²) in [5.41, 5.74) is 3.71. The van der Waals surface area contributed by atoms with Crippen molar-refractivity contribution in [2.24, 2.45) is 20.0 Å². The first-order valence-electron chi connectivity index (χ1n) is 14.7. The van der Waals surface area contributed by atoms with Crippen molar-refractivity contribution >= 4 is 34.8 Å². The monoisotopic (exact) mass is 649 g/mol. The van der Waals surface area contributed by atoms with Crippen molar-refractivity contribution in [3.8, 4) is 28.3 Å². The molecule has 3 atom stereocenters. The van der Waals surface area contributed by atoms with E-state index in [9.17, 15) is 14.4 Å². The number of carbonyl (C=O) groups excluding carboxylic acids is 1. The second kappa shape index (κ2) is 12.4. The molecule has 1 unspecified atom stereocenters. The molecule has 2 N–H and O–H groups in total. The van der Waals surface area contributed by atoms with E-state index in [0.717, 1.165) is 35.1 Å². The summed E-state index contributed by atoms with van der Waals surface area (Å²) in [6.07, 6.45) is 3.02. The Balaban J connectivity index is 1.32. The zero-order valence-corrected chi connectivity index (χ0v) is 26.8. The van der Waals surface area contributed by atoms with Crippen LogP contribution in [0, 0.1) is 5.92 Å². The first-order valence-corrected chi connectivity index (χ1v) is 15.4. The number of anilines is 1. The maximum atomic E-state index is 13.1. The number of hydrogen-bond donors (Lipinski definition) is 2. The number of aryl methyl sites for hydroxylation is 2. The highest BCUT2D eigenvalue weighted by Crippen LogP contribution is 2.44. The van der Waals surface area contributed by atoms with E-state index in [0.29, 0.717) is 45.8 Å². The molecule has 4 aromatic rings. The molecule has 45 heavy (non-hydrogen) atoms. The maximum Gasteiger partial charge on any atom is 0.330 e. The summed E-state index contributed by atoms with van der Waals surface area (Å²) >= 11 is 13.9. The van der Waals surface area contributed by atoms with E-state index < -0.39 is 17.2 Å². The van der Waals surface area contributed by atoms with Crippen LogP contribution in [0.2, 0.25) is 10.0 Å². The second-order valence-corrected chi connectivity index (χ2v) is 12.3. The van der Waals surface area contributed by atoms with Gasteiger partial charge in [0.2, 0.25) is 5.88 Å². The van der Waals surface area contributed by atoms with Gasteiger partial charge in [-0.2, -0.15) is 0 Å². The van der Waals surface area contributed by atoms with Crippen LogP contribution in [0.15, 0.2) is 58.3 Å². The largest absolute Gasteiger partial charge is 0.481 e. The SMILES string of the molecule is COc1nc(-c2cccc(-c3cccc(NC(=O)c4cn(C)c(=O)n(C)c4=O)c3Cl)c2Cl)cc2c1C(N[C@@H]1COC[C@@H]1C)CC2. The third kappa shape index (κ3) is 5.68. The molecule has 0 radical (unpaired) electrons. The van der Waals surface area contributed by atoms with E-state index in [4.69, 9.17) is 37.7 Å². The first kappa shape index (κ1) is 31.0. The molecule has 10 nitrogen and oxygen atoms in total. The van der Waals surface area contributed by atoms with Crippen LogP contribution < -0.4 is 26.6 Å². The molecular formula is C33H33Cl2N5O5. The topological polar surface area (TPSA) is 116 Å². The number of carbonyl (C=O) groups is 1. The van der Waals surface area contributed by atoms with Gasteiger partial charge in [0.25, 0.3) is 11.5 Å². The third-order valence-electron chi connectivity index (χ3n) is 8.64.